The van der Waals surface area contributed by atoms with Crippen molar-refractivity contribution in [3.8, 4) is 0 Å². The Morgan fingerprint density at radius 3 is 2.65 bits per heavy atom. The lowest BCUT2D eigenvalue weighted by Gasteiger charge is -2.40. The number of urea groups is 1. The van der Waals surface area contributed by atoms with Gasteiger partial charge in [-0.25, -0.2) is 14.1 Å². The van der Waals surface area contributed by atoms with Crippen molar-refractivity contribution in [2.24, 2.45) is 0 Å². The van der Waals surface area contributed by atoms with Crippen molar-refractivity contribution in [3.05, 3.63) is 75.9 Å². The first-order chi connectivity index (χ1) is 14.8. The van der Waals surface area contributed by atoms with Crippen LogP contribution < -0.4 is 10.2 Å². The predicted molar refractivity (Wildman–Crippen MR) is 118 cm³/mol. The van der Waals surface area contributed by atoms with Gasteiger partial charge in [0, 0.05) is 11.6 Å². The third kappa shape index (κ3) is 4.31. The number of aryl methyl sites for hydroxylation is 1. The molecule has 2 aliphatic heterocycles. The summed E-state index contributed by atoms with van der Waals surface area (Å²) in [7, 11) is 0. The smallest absolute Gasteiger partial charge is 0.332 e. The lowest BCUT2D eigenvalue weighted by molar-refractivity contribution is -0.124. The Kier molecular flexibility index (Phi) is 6.02. The molecular weight excluding hydrogens is 441 g/mol. The molecule has 1 fully saturated rings. The number of amides is 4. The maximum Gasteiger partial charge on any atom is 0.332 e. The number of anilines is 1. The molecule has 9 heteroatoms. The molecule has 2 aliphatic rings. The number of fused-ring (bicyclic) bond motifs is 1. The van der Waals surface area contributed by atoms with Gasteiger partial charge in [0.25, 0.3) is 5.91 Å². The second kappa shape index (κ2) is 8.72. The third-order valence-corrected chi connectivity index (χ3v) is 6.53. The van der Waals surface area contributed by atoms with Gasteiger partial charge < -0.3 is 10.2 Å². The van der Waals surface area contributed by atoms with Gasteiger partial charge in [0.15, 0.2) is 0 Å². The molecule has 0 saturated carbocycles. The summed E-state index contributed by atoms with van der Waals surface area (Å²) in [5.41, 5.74) is 1.48. The number of nitrogens with one attached hydrogen (secondary N) is 1. The molecule has 0 radical (unpaired) electrons. The van der Waals surface area contributed by atoms with Crippen LogP contribution in [0.4, 0.5) is 14.9 Å². The zero-order chi connectivity index (χ0) is 22.1. The zero-order valence-electron chi connectivity index (χ0n) is 16.5. The highest BCUT2D eigenvalue weighted by atomic mass is 35.5. The van der Waals surface area contributed by atoms with E-state index in [-0.39, 0.29) is 30.6 Å². The molecule has 31 heavy (non-hydrogen) atoms. The third-order valence-electron chi connectivity index (χ3n) is 5.19. The SMILES string of the molecule is Cc1cc(N2C(=O)C3SC=CC3N(CC(=O)NCc3ccc(Cl)cc3)C2=O)ccc1F. The van der Waals surface area contributed by atoms with Crippen molar-refractivity contribution < 1.29 is 18.8 Å². The van der Waals surface area contributed by atoms with Crippen LogP contribution in [0.3, 0.4) is 0 Å². The van der Waals surface area contributed by atoms with E-state index in [9.17, 15) is 18.8 Å². The quantitative estimate of drug-likeness (QED) is 0.737. The lowest BCUT2D eigenvalue weighted by atomic mass is 10.1. The largest absolute Gasteiger partial charge is 0.350 e. The van der Waals surface area contributed by atoms with Crippen LogP contribution in [0.1, 0.15) is 11.1 Å². The molecule has 2 unspecified atom stereocenters. The van der Waals surface area contributed by atoms with Gasteiger partial charge in [-0.1, -0.05) is 29.8 Å². The van der Waals surface area contributed by atoms with Crippen LogP contribution in [0, 0.1) is 12.7 Å². The number of nitrogens with zero attached hydrogens (tertiary/aromatic N) is 2. The molecular formula is C22H19ClFN3O3S. The summed E-state index contributed by atoms with van der Waals surface area (Å²) in [4.78, 5) is 41.2. The number of benzene rings is 2. The van der Waals surface area contributed by atoms with Crippen molar-refractivity contribution in [1.29, 1.82) is 0 Å². The molecule has 4 rings (SSSR count). The minimum absolute atomic E-state index is 0.206. The summed E-state index contributed by atoms with van der Waals surface area (Å²) in [5.74, 6) is -1.15. The first-order valence-corrected chi connectivity index (χ1v) is 10.9. The molecule has 1 saturated heterocycles. The standard InChI is InChI=1S/C22H19ClFN3O3S/c1-13-10-16(6-7-17(13)24)27-21(29)20-18(8-9-31-20)26(22(27)30)12-19(28)25-11-14-2-4-15(23)5-3-14/h2-10,18,20H,11-12H2,1H3,(H,25,28). The minimum atomic E-state index is -0.606. The maximum absolute atomic E-state index is 13.7. The summed E-state index contributed by atoms with van der Waals surface area (Å²) in [5, 5.41) is 4.61. The van der Waals surface area contributed by atoms with Gasteiger partial charge in [-0.3, -0.25) is 9.59 Å². The monoisotopic (exact) mass is 459 g/mol. The fourth-order valence-corrected chi connectivity index (χ4v) is 4.70. The van der Waals surface area contributed by atoms with Crippen molar-refractivity contribution in [1.82, 2.24) is 10.2 Å². The highest BCUT2D eigenvalue weighted by Crippen LogP contribution is 2.36. The predicted octanol–water partition coefficient (Wildman–Crippen LogP) is 3.87. The Hall–Kier alpha value is -2.84. The van der Waals surface area contributed by atoms with Gasteiger partial charge >= 0.3 is 6.03 Å². The molecule has 2 heterocycles. The zero-order valence-corrected chi connectivity index (χ0v) is 18.1. The summed E-state index contributed by atoms with van der Waals surface area (Å²) < 4.78 is 13.7. The highest BCUT2D eigenvalue weighted by Gasteiger charge is 2.48. The lowest BCUT2D eigenvalue weighted by Crippen LogP contribution is -2.63. The molecule has 0 bridgehead atoms. The molecule has 160 valence electrons. The van der Waals surface area contributed by atoms with Gasteiger partial charge in [0.1, 0.15) is 17.6 Å². The van der Waals surface area contributed by atoms with Crippen LogP contribution in [0.25, 0.3) is 0 Å². The number of thioether (sulfide) groups is 1. The summed E-state index contributed by atoms with van der Waals surface area (Å²) in [6.07, 6.45) is 1.75. The molecule has 6 nitrogen and oxygen atoms in total. The second-order valence-electron chi connectivity index (χ2n) is 7.30. The Morgan fingerprint density at radius 2 is 1.94 bits per heavy atom. The fourth-order valence-electron chi connectivity index (χ4n) is 3.53. The first kappa shape index (κ1) is 21.4. The van der Waals surface area contributed by atoms with E-state index in [1.54, 1.807) is 42.7 Å². The van der Waals surface area contributed by atoms with E-state index in [4.69, 9.17) is 11.6 Å². The molecule has 0 aromatic heterocycles. The van der Waals surface area contributed by atoms with Crippen molar-refractivity contribution >= 4 is 46.9 Å². The van der Waals surface area contributed by atoms with Gasteiger partial charge in [-0.2, -0.15) is 0 Å². The average molecular weight is 460 g/mol. The van der Waals surface area contributed by atoms with Crippen LogP contribution >= 0.6 is 23.4 Å². The van der Waals surface area contributed by atoms with Crippen LogP contribution in [0.15, 0.2) is 53.9 Å². The van der Waals surface area contributed by atoms with Crippen molar-refractivity contribution in [3.63, 3.8) is 0 Å². The topological polar surface area (TPSA) is 69.7 Å². The number of hydrogen-bond acceptors (Lipinski definition) is 4. The summed E-state index contributed by atoms with van der Waals surface area (Å²) in [6.45, 7) is 1.65. The maximum atomic E-state index is 13.7. The van der Waals surface area contributed by atoms with Gasteiger partial charge in [-0.05, 0) is 53.8 Å². The van der Waals surface area contributed by atoms with E-state index < -0.39 is 23.1 Å². The molecule has 1 N–H and O–H groups in total. The molecule has 4 amide bonds. The number of carbonyl (C=O) groups is 3. The second-order valence-corrected chi connectivity index (χ2v) is 8.79. The number of imide groups is 1. The molecule has 2 aromatic carbocycles. The van der Waals surface area contributed by atoms with E-state index in [1.165, 1.54) is 34.9 Å². The Bertz CT molecular complexity index is 1080. The van der Waals surface area contributed by atoms with Crippen LogP contribution in [-0.4, -0.2) is 40.6 Å². The molecule has 0 aliphatic carbocycles. The van der Waals surface area contributed by atoms with E-state index >= 15 is 0 Å². The molecule has 0 spiro atoms. The number of hydrogen-bond donors (Lipinski definition) is 1. The average Bonchev–Trinajstić information content (AvgIpc) is 3.23. The molecule has 2 atom stereocenters. The number of halogens is 2. The number of carbonyl (C=O) groups excluding carboxylic acids is 3. The van der Waals surface area contributed by atoms with Gasteiger partial charge in [-0.15, -0.1) is 11.8 Å². The van der Waals surface area contributed by atoms with Crippen molar-refractivity contribution in [2.75, 3.05) is 11.4 Å². The van der Waals surface area contributed by atoms with Crippen LogP contribution in [0.5, 0.6) is 0 Å². The number of rotatable bonds is 5. The Balaban J connectivity index is 1.52. The van der Waals surface area contributed by atoms with E-state index in [1.807, 2.05) is 0 Å². The highest BCUT2D eigenvalue weighted by molar-refractivity contribution is 8.03. The van der Waals surface area contributed by atoms with Gasteiger partial charge in [0.05, 0.1) is 11.7 Å². The van der Waals surface area contributed by atoms with E-state index in [2.05, 4.69) is 5.32 Å². The summed E-state index contributed by atoms with van der Waals surface area (Å²) in [6, 6.07) is 10.0. The first-order valence-electron chi connectivity index (χ1n) is 9.59. The Labute approximate surface area is 188 Å². The van der Waals surface area contributed by atoms with E-state index in [0.717, 1.165) is 10.5 Å². The van der Waals surface area contributed by atoms with E-state index in [0.29, 0.717) is 10.6 Å². The Morgan fingerprint density at radius 1 is 1.19 bits per heavy atom. The summed E-state index contributed by atoms with van der Waals surface area (Å²) >= 11 is 7.17. The van der Waals surface area contributed by atoms with Crippen molar-refractivity contribution in [2.45, 2.75) is 24.8 Å². The van der Waals surface area contributed by atoms with Crippen LogP contribution in [-0.2, 0) is 16.1 Å². The normalized spacial score (nSPS) is 20.2. The molecule has 2 aromatic rings. The van der Waals surface area contributed by atoms with Gasteiger partial charge in [0.2, 0.25) is 5.91 Å². The fraction of sp³-hybridized carbons (Fsp3) is 0.227. The minimum Gasteiger partial charge on any atom is -0.350 e. The van der Waals surface area contributed by atoms with Crippen LogP contribution in [0.2, 0.25) is 5.02 Å².